The molecule has 0 fully saturated rings. The zero-order valence-electron chi connectivity index (χ0n) is 12.0. The molecule has 2 amide bonds. The molecule has 1 aliphatic heterocycles. The third-order valence-corrected chi connectivity index (χ3v) is 4.33. The molecule has 23 heavy (non-hydrogen) atoms. The van der Waals surface area contributed by atoms with Crippen LogP contribution in [-0.2, 0) is 9.59 Å². The predicted octanol–water partition coefficient (Wildman–Crippen LogP) is 3.72. The van der Waals surface area contributed by atoms with Gasteiger partial charge in [-0.05, 0) is 31.2 Å². The summed E-state index contributed by atoms with van der Waals surface area (Å²) in [6.07, 6.45) is 0. The maximum Gasteiger partial charge on any atom is 0.278 e. The van der Waals surface area contributed by atoms with Crippen LogP contribution in [0.25, 0.3) is 0 Å². The lowest BCUT2D eigenvalue weighted by Crippen LogP contribution is -2.56. The van der Waals surface area contributed by atoms with E-state index in [-0.39, 0.29) is 5.02 Å². The minimum Gasteiger partial charge on any atom is -0.466 e. The second-order valence-corrected chi connectivity index (χ2v) is 5.93. The summed E-state index contributed by atoms with van der Waals surface area (Å²) < 4.78 is 5.64. The lowest BCUT2D eigenvalue weighted by Gasteiger charge is -2.33. The first-order chi connectivity index (χ1) is 10.9. The molecule has 0 aromatic heterocycles. The van der Waals surface area contributed by atoms with Crippen LogP contribution in [0.1, 0.15) is 6.92 Å². The fraction of sp³-hybridized carbons (Fsp3) is 0.125. The summed E-state index contributed by atoms with van der Waals surface area (Å²) in [5.41, 5.74) is -0.899. The number of para-hydroxylation sites is 2. The molecule has 1 aliphatic rings. The Balaban J connectivity index is 1.90. The Bertz CT molecular complexity index is 810. The average Bonchev–Trinajstić information content (AvgIpc) is 2.53. The van der Waals surface area contributed by atoms with Crippen molar-refractivity contribution in [1.82, 2.24) is 0 Å². The van der Waals surface area contributed by atoms with Crippen LogP contribution in [-0.4, -0.2) is 17.4 Å². The molecule has 1 atom stereocenters. The van der Waals surface area contributed by atoms with Crippen molar-refractivity contribution in [2.24, 2.45) is 0 Å². The van der Waals surface area contributed by atoms with E-state index in [4.69, 9.17) is 27.9 Å². The number of fused-ring (bicyclic) bond motifs is 1. The predicted molar refractivity (Wildman–Crippen MR) is 89.2 cm³/mol. The summed E-state index contributed by atoms with van der Waals surface area (Å²) in [6.45, 7) is 1.39. The van der Waals surface area contributed by atoms with Crippen LogP contribution in [0, 0.1) is 0 Å². The van der Waals surface area contributed by atoms with Crippen LogP contribution < -0.4 is 15.4 Å². The highest BCUT2D eigenvalue weighted by Crippen LogP contribution is 2.35. The van der Waals surface area contributed by atoms with Crippen molar-refractivity contribution in [3.63, 3.8) is 0 Å². The first-order valence-corrected chi connectivity index (χ1v) is 7.52. The smallest absolute Gasteiger partial charge is 0.278 e. The van der Waals surface area contributed by atoms with E-state index in [0.717, 1.165) is 0 Å². The molecule has 0 saturated heterocycles. The first-order valence-electron chi connectivity index (χ1n) is 6.77. The number of ether oxygens (including phenoxy) is 1. The van der Waals surface area contributed by atoms with Gasteiger partial charge < -0.3 is 15.4 Å². The van der Waals surface area contributed by atoms with Gasteiger partial charge in [0.1, 0.15) is 5.75 Å². The Morgan fingerprint density at radius 2 is 1.91 bits per heavy atom. The number of rotatable bonds is 2. The van der Waals surface area contributed by atoms with Gasteiger partial charge in [0.2, 0.25) is 0 Å². The number of anilines is 2. The summed E-state index contributed by atoms with van der Waals surface area (Å²) in [5.74, 6) is -0.789. The number of carbonyl (C=O) groups excluding carboxylic acids is 2. The topological polar surface area (TPSA) is 67.4 Å². The number of hydrogen-bond acceptors (Lipinski definition) is 3. The van der Waals surface area contributed by atoms with Crippen molar-refractivity contribution in [1.29, 1.82) is 0 Å². The second-order valence-electron chi connectivity index (χ2n) is 5.14. The molecule has 2 N–H and O–H groups in total. The zero-order valence-corrected chi connectivity index (χ0v) is 13.5. The molecular weight excluding hydrogens is 339 g/mol. The van der Waals surface area contributed by atoms with Gasteiger partial charge in [0.15, 0.2) is 0 Å². The molecule has 0 radical (unpaired) electrons. The molecule has 1 unspecified atom stereocenters. The average molecular weight is 351 g/mol. The van der Waals surface area contributed by atoms with E-state index in [0.29, 0.717) is 22.1 Å². The molecular formula is C16H12Cl2N2O3. The number of halogens is 2. The summed E-state index contributed by atoms with van der Waals surface area (Å²) in [4.78, 5) is 24.9. The normalized spacial score (nSPS) is 19.3. The summed E-state index contributed by atoms with van der Waals surface area (Å²) in [5, 5.41) is 5.74. The molecule has 0 bridgehead atoms. The van der Waals surface area contributed by atoms with Crippen molar-refractivity contribution in [2.45, 2.75) is 12.5 Å². The number of carbonyl (C=O) groups is 2. The Hall–Kier alpha value is -2.24. The lowest BCUT2D eigenvalue weighted by molar-refractivity contribution is -0.143. The van der Waals surface area contributed by atoms with Gasteiger partial charge in [-0.2, -0.15) is 0 Å². The molecule has 0 saturated carbocycles. The van der Waals surface area contributed by atoms with Gasteiger partial charge in [0, 0.05) is 0 Å². The highest BCUT2D eigenvalue weighted by Gasteiger charge is 2.47. The van der Waals surface area contributed by atoms with E-state index in [1.165, 1.54) is 6.92 Å². The summed E-state index contributed by atoms with van der Waals surface area (Å²) in [7, 11) is 0. The van der Waals surface area contributed by atoms with Gasteiger partial charge in [-0.25, -0.2) is 0 Å². The van der Waals surface area contributed by atoms with E-state index in [1.54, 1.807) is 42.5 Å². The van der Waals surface area contributed by atoms with Crippen LogP contribution in [0.4, 0.5) is 11.4 Å². The Morgan fingerprint density at radius 1 is 1.17 bits per heavy atom. The van der Waals surface area contributed by atoms with Crippen LogP contribution >= 0.6 is 23.2 Å². The number of benzene rings is 2. The zero-order chi connectivity index (χ0) is 16.6. The van der Waals surface area contributed by atoms with Gasteiger partial charge in [-0.1, -0.05) is 41.4 Å². The third kappa shape index (κ3) is 2.73. The highest BCUT2D eigenvalue weighted by atomic mass is 35.5. The van der Waals surface area contributed by atoms with E-state index < -0.39 is 17.4 Å². The van der Waals surface area contributed by atoms with Crippen molar-refractivity contribution < 1.29 is 14.3 Å². The SMILES string of the molecule is CC1(C(=O)Nc2cccc(Cl)c2Cl)Oc2ccccc2NC1=O. The van der Waals surface area contributed by atoms with E-state index in [1.807, 2.05) is 0 Å². The van der Waals surface area contributed by atoms with E-state index in [2.05, 4.69) is 10.6 Å². The van der Waals surface area contributed by atoms with E-state index >= 15 is 0 Å². The third-order valence-electron chi connectivity index (χ3n) is 3.52. The molecule has 5 nitrogen and oxygen atoms in total. The fourth-order valence-corrected chi connectivity index (χ4v) is 2.51. The largest absolute Gasteiger partial charge is 0.466 e. The van der Waals surface area contributed by atoms with Crippen molar-refractivity contribution in [3.8, 4) is 5.75 Å². The van der Waals surface area contributed by atoms with Crippen LogP contribution in [0.2, 0.25) is 10.0 Å². The van der Waals surface area contributed by atoms with Gasteiger partial charge >= 0.3 is 0 Å². The van der Waals surface area contributed by atoms with Gasteiger partial charge in [0.25, 0.3) is 17.4 Å². The Labute approximate surface area is 142 Å². The lowest BCUT2D eigenvalue weighted by atomic mass is 10.0. The molecule has 7 heteroatoms. The van der Waals surface area contributed by atoms with Crippen molar-refractivity contribution in [2.75, 3.05) is 10.6 Å². The number of amides is 2. The standard InChI is InChI=1S/C16H12Cl2N2O3/c1-16(14(21)19-10-6-2-3-8-12(10)23-16)15(22)20-11-7-4-5-9(17)13(11)18/h2-8H,1H3,(H,19,21)(H,20,22). The first kappa shape index (κ1) is 15.6. The fourth-order valence-electron chi connectivity index (χ4n) is 2.16. The maximum absolute atomic E-state index is 12.6. The van der Waals surface area contributed by atoms with Gasteiger partial charge in [0.05, 0.1) is 21.4 Å². The Morgan fingerprint density at radius 3 is 2.70 bits per heavy atom. The molecule has 3 rings (SSSR count). The summed E-state index contributed by atoms with van der Waals surface area (Å²) >= 11 is 12.0. The minimum atomic E-state index is -1.72. The number of hydrogen-bond donors (Lipinski definition) is 2. The van der Waals surface area contributed by atoms with Crippen LogP contribution in [0.5, 0.6) is 5.75 Å². The second kappa shape index (κ2) is 5.76. The molecule has 118 valence electrons. The van der Waals surface area contributed by atoms with Crippen molar-refractivity contribution in [3.05, 3.63) is 52.5 Å². The monoisotopic (exact) mass is 350 g/mol. The van der Waals surface area contributed by atoms with Crippen LogP contribution in [0.15, 0.2) is 42.5 Å². The molecule has 2 aromatic rings. The molecule has 2 aromatic carbocycles. The highest BCUT2D eigenvalue weighted by molar-refractivity contribution is 6.44. The quantitative estimate of drug-likeness (QED) is 0.811. The summed E-state index contributed by atoms with van der Waals surface area (Å²) in [6, 6.07) is 11.7. The van der Waals surface area contributed by atoms with Gasteiger partial charge in [-0.3, -0.25) is 9.59 Å². The Kier molecular flexibility index (Phi) is 3.92. The molecule has 0 aliphatic carbocycles. The van der Waals surface area contributed by atoms with Crippen molar-refractivity contribution >= 4 is 46.4 Å². The van der Waals surface area contributed by atoms with E-state index in [9.17, 15) is 9.59 Å². The van der Waals surface area contributed by atoms with Crippen LogP contribution in [0.3, 0.4) is 0 Å². The maximum atomic E-state index is 12.6. The molecule has 0 spiro atoms. The molecule has 1 heterocycles. The van der Waals surface area contributed by atoms with Gasteiger partial charge in [-0.15, -0.1) is 0 Å². The number of nitrogens with one attached hydrogen (secondary N) is 2. The minimum absolute atomic E-state index is 0.197.